The quantitative estimate of drug-likeness (QED) is 0.742. The van der Waals surface area contributed by atoms with E-state index in [4.69, 9.17) is 0 Å². The van der Waals surface area contributed by atoms with Crippen molar-refractivity contribution in [2.75, 3.05) is 0 Å². The van der Waals surface area contributed by atoms with Crippen molar-refractivity contribution in [2.45, 2.75) is 34.1 Å². The smallest absolute Gasteiger partial charge is 0.167 e. The van der Waals surface area contributed by atoms with Crippen LogP contribution in [-0.2, 0) is 6.42 Å². The van der Waals surface area contributed by atoms with Crippen molar-refractivity contribution in [2.24, 2.45) is 0 Å². The van der Waals surface area contributed by atoms with Crippen LogP contribution in [0.15, 0.2) is 36.4 Å². The molecule has 0 aliphatic carbocycles. The third-order valence-electron chi connectivity index (χ3n) is 3.81. The summed E-state index contributed by atoms with van der Waals surface area (Å²) in [4.78, 5) is 12.4. The summed E-state index contributed by atoms with van der Waals surface area (Å²) in [5.41, 5.74) is 6.75. The minimum absolute atomic E-state index is 0.195. The molecule has 0 unspecified atom stereocenters. The maximum Gasteiger partial charge on any atom is 0.167 e. The van der Waals surface area contributed by atoms with Crippen molar-refractivity contribution in [3.05, 3.63) is 69.8 Å². The highest BCUT2D eigenvalue weighted by Gasteiger charge is 2.11. The second kappa shape index (κ2) is 5.40. The van der Waals surface area contributed by atoms with E-state index in [-0.39, 0.29) is 5.78 Å². The fourth-order valence-corrected chi connectivity index (χ4v) is 2.31. The number of rotatable bonds is 3. The van der Waals surface area contributed by atoms with Crippen LogP contribution in [0.5, 0.6) is 0 Å². The van der Waals surface area contributed by atoms with E-state index in [1.165, 1.54) is 22.3 Å². The van der Waals surface area contributed by atoms with Crippen LogP contribution in [0, 0.1) is 27.7 Å². The van der Waals surface area contributed by atoms with E-state index in [1.54, 1.807) is 0 Å². The topological polar surface area (TPSA) is 17.1 Å². The molecule has 0 fully saturated rings. The van der Waals surface area contributed by atoms with Crippen LogP contribution in [0.1, 0.15) is 38.2 Å². The molecule has 98 valence electrons. The van der Waals surface area contributed by atoms with Gasteiger partial charge in [0, 0.05) is 12.0 Å². The first-order valence-corrected chi connectivity index (χ1v) is 6.64. The summed E-state index contributed by atoms with van der Waals surface area (Å²) in [6.07, 6.45) is 0.487. The van der Waals surface area contributed by atoms with Gasteiger partial charge in [-0.2, -0.15) is 0 Å². The summed E-state index contributed by atoms with van der Waals surface area (Å²) in [6.45, 7) is 8.24. The second-order valence-corrected chi connectivity index (χ2v) is 5.27. The Bertz CT molecular complexity index is 603. The average Bonchev–Trinajstić information content (AvgIpc) is 2.37. The van der Waals surface area contributed by atoms with Crippen LogP contribution in [0.25, 0.3) is 0 Å². The molecule has 0 bridgehead atoms. The summed E-state index contributed by atoms with van der Waals surface area (Å²) in [5, 5.41) is 0. The highest BCUT2D eigenvalue weighted by Crippen LogP contribution is 2.17. The maximum atomic E-state index is 12.4. The van der Waals surface area contributed by atoms with Gasteiger partial charge in [-0.25, -0.2) is 0 Å². The first kappa shape index (κ1) is 13.5. The molecule has 19 heavy (non-hydrogen) atoms. The second-order valence-electron chi connectivity index (χ2n) is 5.27. The minimum atomic E-state index is 0.195. The number of carbonyl (C=O) groups is 1. The number of hydrogen-bond donors (Lipinski definition) is 0. The van der Waals surface area contributed by atoms with Crippen molar-refractivity contribution in [3.8, 4) is 0 Å². The molecule has 0 aromatic heterocycles. The Labute approximate surface area is 115 Å². The monoisotopic (exact) mass is 252 g/mol. The first-order valence-electron chi connectivity index (χ1n) is 6.64. The van der Waals surface area contributed by atoms with Gasteiger partial charge >= 0.3 is 0 Å². The van der Waals surface area contributed by atoms with Crippen molar-refractivity contribution in [3.63, 3.8) is 0 Å². The summed E-state index contributed by atoms with van der Waals surface area (Å²) in [7, 11) is 0. The predicted octanol–water partition coefficient (Wildman–Crippen LogP) is 4.35. The Hall–Kier alpha value is -1.89. The zero-order valence-corrected chi connectivity index (χ0v) is 12.1. The molecule has 0 aliphatic heterocycles. The van der Waals surface area contributed by atoms with Crippen molar-refractivity contribution >= 4 is 5.78 Å². The fourth-order valence-electron chi connectivity index (χ4n) is 2.31. The van der Waals surface area contributed by atoms with Gasteiger partial charge in [0.2, 0.25) is 0 Å². The molecular formula is C18H20O. The highest BCUT2D eigenvalue weighted by atomic mass is 16.1. The molecule has 1 nitrogen and oxygen atoms in total. The molecule has 0 saturated carbocycles. The Morgan fingerprint density at radius 3 is 2.05 bits per heavy atom. The Morgan fingerprint density at radius 2 is 1.47 bits per heavy atom. The molecule has 0 N–H and O–H groups in total. The lowest BCUT2D eigenvalue weighted by molar-refractivity contribution is 0.0992. The Morgan fingerprint density at radius 1 is 0.842 bits per heavy atom. The van der Waals surface area contributed by atoms with E-state index in [0.717, 1.165) is 11.1 Å². The van der Waals surface area contributed by atoms with Gasteiger partial charge in [0.15, 0.2) is 5.78 Å². The highest BCUT2D eigenvalue weighted by molar-refractivity contribution is 5.98. The summed E-state index contributed by atoms with van der Waals surface area (Å²) in [5.74, 6) is 0.195. The Kier molecular flexibility index (Phi) is 3.84. The van der Waals surface area contributed by atoms with Crippen molar-refractivity contribution < 1.29 is 4.79 Å². The zero-order chi connectivity index (χ0) is 14.0. The van der Waals surface area contributed by atoms with Gasteiger partial charge < -0.3 is 0 Å². The van der Waals surface area contributed by atoms with Crippen LogP contribution in [0.3, 0.4) is 0 Å². The number of Topliss-reactive ketones (excluding diaryl/α,β-unsaturated/α-hetero) is 1. The van der Waals surface area contributed by atoms with Gasteiger partial charge in [-0.15, -0.1) is 0 Å². The van der Waals surface area contributed by atoms with Crippen molar-refractivity contribution in [1.29, 1.82) is 0 Å². The standard InChI is InChI=1S/C18H20O/c1-12-8-9-16(10-15(12)4)18(19)11-17-13(2)6-5-7-14(17)3/h5-10H,11H2,1-4H3. The number of ketones is 1. The third-order valence-corrected chi connectivity index (χ3v) is 3.81. The number of benzene rings is 2. The van der Waals surface area contributed by atoms with Gasteiger partial charge in [0.25, 0.3) is 0 Å². The molecule has 0 aliphatic rings. The van der Waals surface area contributed by atoms with E-state index in [9.17, 15) is 4.79 Å². The van der Waals surface area contributed by atoms with Gasteiger partial charge in [-0.1, -0.05) is 30.3 Å². The largest absolute Gasteiger partial charge is 0.294 e. The molecule has 2 rings (SSSR count). The molecule has 0 amide bonds. The predicted molar refractivity (Wildman–Crippen MR) is 79.9 cm³/mol. The molecule has 0 spiro atoms. The lowest BCUT2D eigenvalue weighted by Crippen LogP contribution is -2.07. The number of carbonyl (C=O) groups excluding carboxylic acids is 1. The van der Waals surface area contributed by atoms with Crippen LogP contribution in [0.4, 0.5) is 0 Å². The molecule has 1 heteroatoms. The molecule has 0 heterocycles. The summed E-state index contributed by atoms with van der Waals surface area (Å²) >= 11 is 0. The molecule has 0 radical (unpaired) electrons. The molecule has 2 aromatic rings. The molecule has 0 atom stereocenters. The maximum absolute atomic E-state index is 12.4. The SMILES string of the molecule is Cc1ccc(C(=O)Cc2c(C)cccc2C)cc1C. The number of hydrogen-bond acceptors (Lipinski definition) is 1. The van der Waals surface area contributed by atoms with E-state index >= 15 is 0 Å². The van der Waals surface area contributed by atoms with Gasteiger partial charge in [-0.05, 0) is 61.6 Å². The van der Waals surface area contributed by atoms with Crippen LogP contribution >= 0.6 is 0 Å². The molecular weight excluding hydrogens is 232 g/mol. The van der Waals surface area contributed by atoms with E-state index in [1.807, 2.05) is 31.2 Å². The summed E-state index contributed by atoms with van der Waals surface area (Å²) in [6, 6.07) is 12.1. The van der Waals surface area contributed by atoms with Gasteiger partial charge in [0.05, 0.1) is 0 Å². The number of aryl methyl sites for hydroxylation is 4. The summed E-state index contributed by atoms with van der Waals surface area (Å²) < 4.78 is 0. The Balaban J connectivity index is 2.28. The van der Waals surface area contributed by atoms with Crippen LogP contribution < -0.4 is 0 Å². The van der Waals surface area contributed by atoms with Gasteiger partial charge in [0.1, 0.15) is 0 Å². The van der Waals surface area contributed by atoms with Gasteiger partial charge in [-0.3, -0.25) is 4.79 Å². The normalized spacial score (nSPS) is 10.5. The minimum Gasteiger partial charge on any atom is -0.294 e. The lowest BCUT2D eigenvalue weighted by Gasteiger charge is -2.10. The van der Waals surface area contributed by atoms with Crippen LogP contribution in [-0.4, -0.2) is 5.78 Å². The molecule has 0 saturated heterocycles. The zero-order valence-electron chi connectivity index (χ0n) is 12.1. The first-order chi connectivity index (χ1) is 8.99. The van der Waals surface area contributed by atoms with E-state index < -0.39 is 0 Å². The lowest BCUT2D eigenvalue weighted by atomic mass is 9.94. The van der Waals surface area contributed by atoms with Crippen molar-refractivity contribution in [1.82, 2.24) is 0 Å². The van der Waals surface area contributed by atoms with E-state index in [2.05, 4.69) is 32.9 Å². The molecule has 2 aromatic carbocycles. The average molecular weight is 252 g/mol. The fraction of sp³-hybridized carbons (Fsp3) is 0.278. The van der Waals surface area contributed by atoms with Crippen LogP contribution in [0.2, 0.25) is 0 Å². The van der Waals surface area contributed by atoms with E-state index in [0.29, 0.717) is 6.42 Å². The third kappa shape index (κ3) is 2.93.